The molecule has 0 atom stereocenters. The molecule has 1 aromatic rings. The smallest absolute Gasteiger partial charge is 0.292 e. The first-order valence-electron chi connectivity index (χ1n) is 6.74. The van der Waals surface area contributed by atoms with Crippen LogP contribution in [0.4, 0.5) is 11.4 Å². The van der Waals surface area contributed by atoms with Crippen LogP contribution in [0.3, 0.4) is 0 Å². The van der Waals surface area contributed by atoms with Crippen molar-refractivity contribution < 1.29 is 4.92 Å². The Kier molecular flexibility index (Phi) is 4.56. The summed E-state index contributed by atoms with van der Waals surface area (Å²) in [5.74, 6) is 0.660. The van der Waals surface area contributed by atoms with Crippen LogP contribution in [0.2, 0.25) is 0 Å². The molecule has 4 heteroatoms. The molecule has 0 amide bonds. The van der Waals surface area contributed by atoms with Gasteiger partial charge in [-0.05, 0) is 24.8 Å². The summed E-state index contributed by atoms with van der Waals surface area (Å²) in [4.78, 5) is 10.6. The predicted molar refractivity (Wildman–Crippen MR) is 72.8 cm³/mol. The molecule has 1 aromatic carbocycles. The molecular formula is C14H20N2O2. The highest BCUT2D eigenvalue weighted by molar-refractivity contribution is 5.61. The molecule has 2 rings (SSSR count). The largest absolute Gasteiger partial charge is 0.379 e. The molecule has 0 bridgehead atoms. The number of rotatable bonds is 4. The molecule has 18 heavy (non-hydrogen) atoms. The van der Waals surface area contributed by atoms with E-state index in [9.17, 15) is 10.1 Å². The third-order valence-corrected chi connectivity index (χ3v) is 3.66. The second-order valence-electron chi connectivity index (χ2n) is 5.01. The Morgan fingerprint density at radius 2 is 1.83 bits per heavy atom. The monoisotopic (exact) mass is 248 g/mol. The van der Waals surface area contributed by atoms with E-state index in [2.05, 4.69) is 5.32 Å². The molecule has 1 aliphatic rings. The summed E-state index contributed by atoms with van der Waals surface area (Å²) in [6.07, 6.45) is 7.75. The van der Waals surface area contributed by atoms with Crippen LogP contribution >= 0.6 is 0 Å². The minimum absolute atomic E-state index is 0.172. The Bertz CT molecular complexity index is 399. The van der Waals surface area contributed by atoms with Crippen molar-refractivity contribution in [3.05, 3.63) is 34.4 Å². The number of nitro benzene ring substituents is 1. The van der Waals surface area contributed by atoms with E-state index in [4.69, 9.17) is 0 Å². The van der Waals surface area contributed by atoms with Gasteiger partial charge in [0.25, 0.3) is 5.69 Å². The maximum Gasteiger partial charge on any atom is 0.292 e. The van der Waals surface area contributed by atoms with E-state index < -0.39 is 0 Å². The van der Waals surface area contributed by atoms with Crippen molar-refractivity contribution in [3.63, 3.8) is 0 Å². The number of hydrogen-bond donors (Lipinski definition) is 1. The van der Waals surface area contributed by atoms with Crippen molar-refractivity contribution in [3.8, 4) is 0 Å². The lowest BCUT2D eigenvalue weighted by molar-refractivity contribution is -0.384. The lowest BCUT2D eigenvalue weighted by Gasteiger charge is -2.15. The van der Waals surface area contributed by atoms with Crippen LogP contribution in [0.5, 0.6) is 0 Å². The van der Waals surface area contributed by atoms with Crippen molar-refractivity contribution in [2.45, 2.75) is 38.5 Å². The van der Waals surface area contributed by atoms with Gasteiger partial charge in [0.2, 0.25) is 0 Å². The van der Waals surface area contributed by atoms with Crippen molar-refractivity contribution in [2.24, 2.45) is 5.92 Å². The number of para-hydroxylation sites is 2. The van der Waals surface area contributed by atoms with Crippen LogP contribution in [-0.2, 0) is 0 Å². The van der Waals surface area contributed by atoms with E-state index in [1.54, 1.807) is 18.2 Å². The van der Waals surface area contributed by atoms with Crippen molar-refractivity contribution in [1.29, 1.82) is 0 Å². The van der Waals surface area contributed by atoms with E-state index in [0.717, 1.165) is 6.54 Å². The lowest BCUT2D eigenvalue weighted by Crippen LogP contribution is -2.14. The molecule has 1 saturated carbocycles. The Balaban J connectivity index is 1.94. The van der Waals surface area contributed by atoms with Gasteiger partial charge in [-0.2, -0.15) is 0 Å². The van der Waals surface area contributed by atoms with Gasteiger partial charge in [0.15, 0.2) is 0 Å². The average Bonchev–Trinajstić information content (AvgIpc) is 2.65. The second kappa shape index (κ2) is 6.38. The molecule has 0 aliphatic heterocycles. The van der Waals surface area contributed by atoms with E-state index in [1.165, 1.54) is 38.5 Å². The third kappa shape index (κ3) is 3.45. The SMILES string of the molecule is O=[N+]([O-])c1ccccc1NCC1CCCCCC1. The fourth-order valence-electron chi connectivity index (χ4n) is 2.60. The van der Waals surface area contributed by atoms with Gasteiger partial charge in [-0.25, -0.2) is 0 Å². The number of benzene rings is 1. The number of hydrogen-bond acceptors (Lipinski definition) is 3. The highest BCUT2D eigenvalue weighted by Crippen LogP contribution is 2.26. The standard InChI is InChI=1S/C14H20N2O2/c17-16(18)14-10-6-5-9-13(14)15-11-12-7-3-1-2-4-8-12/h5-6,9-10,12,15H,1-4,7-8,11H2. The zero-order chi connectivity index (χ0) is 12.8. The van der Waals surface area contributed by atoms with Crippen LogP contribution in [0, 0.1) is 16.0 Å². The van der Waals surface area contributed by atoms with Gasteiger partial charge in [0.05, 0.1) is 4.92 Å². The van der Waals surface area contributed by atoms with Crippen LogP contribution < -0.4 is 5.32 Å². The molecule has 1 aliphatic carbocycles. The van der Waals surface area contributed by atoms with Crippen LogP contribution in [0.1, 0.15) is 38.5 Å². The highest BCUT2D eigenvalue weighted by Gasteiger charge is 2.15. The van der Waals surface area contributed by atoms with Gasteiger partial charge < -0.3 is 5.32 Å². The Morgan fingerprint density at radius 1 is 1.17 bits per heavy atom. The molecule has 1 fully saturated rings. The van der Waals surface area contributed by atoms with Crippen LogP contribution in [-0.4, -0.2) is 11.5 Å². The minimum atomic E-state index is -0.324. The molecule has 0 aromatic heterocycles. The van der Waals surface area contributed by atoms with E-state index in [-0.39, 0.29) is 10.6 Å². The quantitative estimate of drug-likeness (QED) is 0.498. The summed E-state index contributed by atoms with van der Waals surface area (Å²) in [5.41, 5.74) is 0.817. The average molecular weight is 248 g/mol. The Hall–Kier alpha value is -1.58. The molecule has 0 radical (unpaired) electrons. The van der Waals surface area contributed by atoms with Crippen LogP contribution in [0.15, 0.2) is 24.3 Å². The van der Waals surface area contributed by atoms with Gasteiger partial charge in [-0.3, -0.25) is 10.1 Å². The molecule has 1 N–H and O–H groups in total. The van der Waals surface area contributed by atoms with E-state index in [0.29, 0.717) is 11.6 Å². The maximum atomic E-state index is 10.9. The number of anilines is 1. The summed E-state index contributed by atoms with van der Waals surface area (Å²) in [7, 11) is 0. The van der Waals surface area contributed by atoms with Gasteiger partial charge >= 0.3 is 0 Å². The van der Waals surface area contributed by atoms with Gasteiger partial charge in [-0.1, -0.05) is 37.8 Å². The third-order valence-electron chi connectivity index (χ3n) is 3.66. The normalized spacial score (nSPS) is 17.1. The van der Waals surface area contributed by atoms with Crippen molar-refractivity contribution >= 4 is 11.4 Å². The first-order valence-corrected chi connectivity index (χ1v) is 6.74. The summed E-state index contributed by atoms with van der Waals surface area (Å²) in [6, 6.07) is 6.88. The number of nitrogens with zero attached hydrogens (tertiary/aromatic N) is 1. The molecule has 0 unspecified atom stereocenters. The first kappa shape index (κ1) is 12.9. The number of nitro groups is 1. The summed E-state index contributed by atoms with van der Waals surface area (Å²) >= 11 is 0. The predicted octanol–water partition coefficient (Wildman–Crippen LogP) is 3.98. The summed E-state index contributed by atoms with van der Waals surface area (Å²) in [5, 5.41) is 14.1. The Morgan fingerprint density at radius 3 is 2.50 bits per heavy atom. The zero-order valence-corrected chi connectivity index (χ0v) is 10.6. The zero-order valence-electron chi connectivity index (χ0n) is 10.6. The number of nitrogens with one attached hydrogen (secondary N) is 1. The molecule has 0 heterocycles. The maximum absolute atomic E-state index is 10.9. The molecule has 0 saturated heterocycles. The van der Waals surface area contributed by atoms with E-state index >= 15 is 0 Å². The topological polar surface area (TPSA) is 55.2 Å². The Labute approximate surface area is 108 Å². The second-order valence-corrected chi connectivity index (χ2v) is 5.01. The van der Waals surface area contributed by atoms with E-state index in [1.807, 2.05) is 6.07 Å². The fraction of sp³-hybridized carbons (Fsp3) is 0.571. The lowest BCUT2D eigenvalue weighted by atomic mass is 10.0. The van der Waals surface area contributed by atoms with Crippen molar-refractivity contribution in [2.75, 3.05) is 11.9 Å². The molecule has 98 valence electrons. The van der Waals surface area contributed by atoms with Crippen molar-refractivity contribution in [1.82, 2.24) is 0 Å². The first-order chi connectivity index (χ1) is 8.77. The van der Waals surface area contributed by atoms with Crippen LogP contribution in [0.25, 0.3) is 0 Å². The molecular weight excluding hydrogens is 228 g/mol. The minimum Gasteiger partial charge on any atom is -0.379 e. The molecule has 4 nitrogen and oxygen atoms in total. The van der Waals surface area contributed by atoms with Gasteiger partial charge in [-0.15, -0.1) is 0 Å². The van der Waals surface area contributed by atoms with Gasteiger partial charge in [0.1, 0.15) is 5.69 Å². The molecule has 0 spiro atoms. The van der Waals surface area contributed by atoms with Gasteiger partial charge in [0, 0.05) is 12.6 Å². The summed E-state index contributed by atoms with van der Waals surface area (Å²) in [6.45, 7) is 0.852. The fourth-order valence-corrected chi connectivity index (χ4v) is 2.60. The highest BCUT2D eigenvalue weighted by atomic mass is 16.6. The summed E-state index contributed by atoms with van der Waals surface area (Å²) < 4.78 is 0.